The fraction of sp³-hybridized carbons (Fsp3) is 0. The Morgan fingerprint density at radius 3 is 1.48 bits per heavy atom. The van der Waals surface area contributed by atoms with Crippen molar-refractivity contribution in [2.45, 2.75) is 0 Å². The minimum Gasteiger partial charge on any atom is -0.504 e. The second-order valence-electron chi connectivity index (χ2n) is 16.7. The van der Waals surface area contributed by atoms with E-state index in [1.54, 1.807) is 0 Å². The van der Waals surface area contributed by atoms with Crippen LogP contribution in [0.1, 0.15) is 0 Å². The van der Waals surface area contributed by atoms with Crippen LogP contribution in [0, 0.1) is 0 Å². The Hall–Kier alpha value is -8.21. The monoisotopic (exact) mass is 819 g/mol. The van der Waals surface area contributed by atoms with Crippen LogP contribution >= 0.6 is 0 Å². The van der Waals surface area contributed by atoms with Gasteiger partial charge in [-0.1, -0.05) is 187 Å². The van der Waals surface area contributed by atoms with Crippen LogP contribution in [0.5, 0.6) is 11.5 Å². The number of phenolic OH excluding ortho intramolecular Hbond substituents is 2. The molecule has 6 heteroatoms. The van der Waals surface area contributed by atoms with Crippen LogP contribution in [0.15, 0.2) is 205 Å². The quantitative estimate of drug-likeness (QED) is 0.0997. The van der Waals surface area contributed by atoms with E-state index in [1.165, 1.54) is 0 Å². The lowest BCUT2D eigenvalue weighted by atomic mass is 9.73. The molecule has 0 unspecified atom stereocenters. The maximum absolute atomic E-state index is 12.6. The maximum Gasteiger partial charge on any atom is 0.182 e. The topological polar surface area (TPSA) is 56.8 Å². The number of rotatable bonds is 6. The standard InChI is InChI=1S/C58H39B2NO3/c59-52-51(49-32-36-16-4-6-18-39(36)43-20-8-9-22-45(43)49)55(62)56(63)54(53(52)60)61(50-33-37-17-5-7-19-40(37)44-21-10-11-23-46(44)50)38-30-28-35(29-31-38)42-25-13-27-48-47-26-12-24-41(57(47)64-58(42)48)34-14-2-1-3-15-34/h1-33,62-63H,59-60H2. The predicted molar refractivity (Wildman–Crippen MR) is 274 cm³/mol. The molecule has 0 aliphatic rings. The molecule has 0 amide bonds. The highest BCUT2D eigenvalue weighted by Crippen LogP contribution is 2.50. The van der Waals surface area contributed by atoms with Gasteiger partial charge >= 0.3 is 0 Å². The van der Waals surface area contributed by atoms with E-state index in [9.17, 15) is 10.2 Å². The van der Waals surface area contributed by atoms with Crippen LogP contribution < -0.4 is 15.8 Å². The minimum atomic E-state index is -0.182. The van der Waals surface area contributed by atoms with Gasteiger partial charge in [0.25, 0.3) is 0 Å². The number of aromatic hydroxyl groups is 2. The molecular weight excluding hydrogens is 780 g/mol. The third-order valence-electron chi connectivity index (χ3n) is 13.3. The summed E-state index contributed by atoms with van der Waals surface area (Å²) in [4.78, 5) is 2.12. The fourth-order valence-electron chi connectivity index (χ4n) is 10.1. The Labute approximate surface area is 371 Å². The van der Waals surface area contributed by atoms with E-state index >= 15 is 0 Å². The van der Waals surface area contributed by atoms with E-state index in [2.05, 4.69) is 181 Å². The average molecular weight is 820 g/mol. The molecule has 64 heavy (non-hydrogen) atoms. The van der Waals surface area contributed by atoms with Crippen LogP contribution in [0.4, 0.5) is 17.1 Å². The van der Waals surface area contributed by atoms with Gasteiger partial charge in [-0.15, -0.1) is 0 Å². The van der Waals surface area contributed by atoms with Crippen molar-refractivity contribution in [2.24, 2.45) is 0 Å². The lowest BCUT2D eigenvalue weighted by Crippen LogP contribution is -2.33. The van der Waals surface area contributed by atoms with Gasteiger partial charge in [0, 0.05) is 38.5 Å². The number of hydrogen-bond donors (Lipinski definition) is 2. The molecule has 0 saturated carbocycles. The second kappa shape index (κ2) is 14.7. The number of para-hydroxylation sites is 2. The zero-order valence-electron chi connectivity index (χ0n) is 35.3. The Kier molecular flexibility index (Phi) is 8.63. The Morgan fingerprint density at radius 2 is 0.859 bits per heavy atom. The molecule has 1 heterocycles. The molecule has 11 aromatic carbocycles. The van der Waals surface area contributed by atoms with Crippen molar-refractivity contribution < 1.29 is 14.6 Å². The highest BCUT2D eigenvalue weighted by molar-refractivity contribution is 6.54. The number of benzene rings is 11. The second-order valence-corrected chi connectivity index (χ2v) is 16.7. The lowest BCUT2D eigenvalue weighted by Gasteiger charge is -2.32. The summed E-state index contributed by atoms with van der Waals surface area (Å²) >= 11 is 0. The first-order valence-electron chi connectivity index (χ1n) is 21.7. The van der Waals surface area contributed by atoms with Crippen molar-refractivity contribution >= 4 is 109 Å². The smallest absolute Gasteiger partial charge is 0.182 e. The number of hydrogen-bond acceptors (Lipinski definition) is 4. The molecule has 12 aromatic rings. The highest BCUT2D eigenvalue weighted by Gasteiger charge is 2.28. The van der Waals surface area contributed by atoms with E-state index in [4.69, 9.17) is 4.42 Å². The molecule has 1 aromatic heterocycles. The molecular formula is C58H39B2NO3. The Morgan fingerprint density at radius 1 is 0.375 bits per heavy atom. The molecule has 0 spiro atoms. The van der Waals surface area contributed by atoms with Gasteiger partial charge in [0.2, 0.25) is 0 Å². The van der Waals surface area contributed by atoms with Gasteiger partial charge < -0.3 is 19.5 Å². The fourth-order valence-corrected chi connectivity index (χ4v) is 10.1. The molecule has 0 aliphatic heterocycles. The molecule has 300 valence electrons. The van der Waals surface area contributed by atoms with Crippen molar-refractivity contribution in [3.05, 3.63) is 200 Å². The van der Waals surface area contributed by atoms with Crippen LogP contribution in [0.3, 0.4) is 0 Å². The number of phenols is 2. The van der Waals surface area contributed by atoms with Gasteiger partial charge in [0.15, 0.2) is 11.5 Å². The van der Waals surface area contributed by atoms with Gasteiger partial charge in [-0.25, -0.2) is 0 Å². The van der Waals surface area contributed by atoms with Crippen LogP contribution in [-0.2, 0) is 0 Å². The summed E-state index contributed by atoms with van der Waals surface area (Å²) < 4.78 is 6.81. The van der Waals surface area contributed by atoms with Gasteiger partial charge in [0.1, 0.15) is 26.9 Å². The first-order chi connectivity index (χ1) is 31.4. The summed E-state index contributed by atoms with van der Waals surface area (Å²) in [6.07, 6.45) is 0. The van der Waals surface area contributed by atoms with Crippen molar-refractivity contribution in [3.8, 4) is 44.9 Å². The summed E-state index contributed by atoms with van der Waals surface area (Å²) in [5, 5.41) is 35.9. The van der Waals surface area contributed by atoms with Crippen LogP contribution in [0.25, 0.3) is 98.4 Å². The minimum absolute atomic E-state index is 0.156. The number of fused-ring (bicyclic) bond motifs is 9. The van der Waals surface area contributed by atoms with Crippen LogP contribution in [-0.4, -0.2) is 25.9 Å². The zero-order valence-corrected chi connectivity index (χ0v) is 35.3. The lowest BCUT2D eigenvalue weighted by molar-refractivity contribution is 0.407. The average Bonchev–Trinajstić information content (AvgIpc) is 3.74. The number of furan rings is 1. The van der Waals surface area contributed by atoms with Gasteiger partial charge in [-0.05, 0) is 78.7 Å². The van der Waals surface area contributed by atoms with E-state index in [0.717, 1.165) is 115 Å². The van der Waals surface area contributed by atoms with Gasteiger partial charge in [0.05, 0.1) is 11.4 Å². The first kappa shape index (κ1) is 37.5. The molecule has 12 rings (SSSR count). The van der Waals surface area contributed by atoms with Crippen LogP contribution in [0.2, 0.25) is 0 Å². The summed E-state index contributed by atoms with van der Waals surface area (Å²) in [6, 6.07) is 69.3. The maximum atomic E-state index is 12.6. The first-order valence-corrected chi connectivity index (χ1v) is 21.7. The third kappa shape index (κ3) is 5.73. The Balaban J connectivity index is 1.07. The molecule has 4 nitrogen and oxygen atoms in total. The van der Waals surface area contributed by atoms with Crippen molar-refractivity contribution in [2.75, 3.05) is 4.90 Å². The van der Waals surface area contributed by atoms with Crippen molar-refractivity contribution in [1.82, 2.24) is 0 Å². The molecule has 0 bridgehead atoms. The summed E-state index contributed by atoms with van der Waals surface area (Å²) in [7, 11) is 4.10. The SMILES string of the molecule is Bc1c(B)c(N(c2ccc(-c3cccc4c3oc3c(-c5ccccc5)cccc34)cc2)c2cc3ccccc3c3ccccc23)c(O)c(O)c1-c1cc2ccccc2c2ccccc12. The van der Waals surface area contributed by atoms with E-state index in [1.807, 2.05) is 40.0 Å². The number of nitrogens with zero attached hydrogens (tertiary/aromatic N) is 1. The van der Waals surface area contributed by atoms with Crippen molar-refractivity contribution in [3.63, 3.8) is 0 Å². The predicted octanol–water partition coefficient (Wildman–Crippen LogP) is 12.6. The summed E-state index contributed by atoms with van der Waals surface area (Å²) in [5.74, 6) is -0.338. The van der Waals surface area contributed by atoms with E-state index in [0.29, 0.717) is 11.3 Å². The zero-order chi connectivity index (χ0) is 43.1. The molecule has 0 radical (unpaired) electrons. The van der Waals surface area contributed by atoms with Gasteiger partial charge in [-0.2, -0.15) is 0 Å². The molecule has 0 fully saturated rings. The largest absolute Gasteiger partial charge is 0.504 e. The van der Waals surface area contributed by atoms with Gasteiger partial charge in [-0.3, -0.25) is 0 Å². The summed E-state index contributed by atoms with van der Waals surface area (Å²) in [5.41, 5.74) is 11.3. The van der Waals surface area contributed by atoms with Crippen molar-refractivity contribution in [1.29, 1.82) is 0 Å². The molecule has 0 aliphatic carbocycles. The van der Waals surface area contributed by atoms with E-state index in [-0.39, 0.29) is 11.5 Å². The molecule has 0 saturated heterocycles. The number of anilines is 3. The molecule has 2 N–H and O–H groups in total. The third-order valence-corrected chi connectivity index (χ3v) is 13.3. The highest BCUT2D eigenvalue weighted by atomic mass is 16.3. The van der Waals surface area contributed by atoms with E-state index < -0.39 is 0 Å². The summed E-state index contributed by atoms with van der Waals surface area (Å²) in [6.45, 7) is 0. The molecule has 0 atom stereocenters. The Bertz CT molecular complexity index is 3810. The normalized spacial score (nSPS) is 11.7.